The topological polar surface area (TPSA) is 92.9 Å². The molecule has 0 radical (unpaired) electrons. The summed E-state index contributed by atoms with van der Waals surface area (Å²) in [6, 6.07) is 21.8. The highest BCUT2D eigenvalue weighted by molar-refractivity contribution is 6.05. The van der Waals surface area contributed by atoms with Gasteiger partial charge in [0.15, 0.2) is 0 Å². The largest absolute Gasteiger partial charge is 0.397 e. The van der Waals surface area contributed by atoms with Crippen LogP contribution >= 0.6 is 0 Å². The number of hydrogen-bond donors (Lipinski definition) is 3. The number of nitrogen functional groups attached to an aromatic ring is 1. The zero-order valence-electron chi connectivity index (χ0n) is 15.3. The van der Waals surface area contributed by atoms with Gasteiger partial charge < -0.3 is 16.0 Å². The second kappa shape index (κ2) is 7.08. The molecule has 0 aliphatic heterocycles. The average molecular weight is 372 g/mol. The Balaban J connectivity index is 1.59. The summed E-state index contributed by atoms with van der Waals surface area (Å²) in [5.41, 5.74) is 9.91. The fourth-order valence-electron chi connectivity index (χ4n) is 3.33. The van der Waals surface area contributed by atoms with Crippen LogP contribution in [0.3, 0.4) is 0 Å². The Bertz CT molecular complexity index is 1210. The van der Waals surface area contributed by atoms with Gasteiger partial charge in [-0.15, -0.1) is 0 Å². The molecule has 0 saturated carbocycles. The minimum Gasteiger partial charge on any atom is -0.397 e. The lowest BCUT2D eigenvalue weighted by Crippen LogP contribution is -2.21. The van der Waals surface area contributed by atoms with E-state index in [-0.39, 0.29) is 17.6 Å². The number of aromatic nitrogens is 2. The molecule has 6 nitrogen and oxygen atoms in total. The molecule has 4 rings (SSSR count). The summed E-state index contributed by atoms with van der Waals surface area (Å²) in [4.78, 5) is 27.7. The molecule has 28 heavy (non-hydrogen) atoms. The molecule has 0 spiro atoms. The van der Waals surface area contributed by atoms with Crippen molar-refractivity contribution < 1.29 is 4.79 Å². The van der Waals surface area contributed by atoms with E-state index < -0.39 is 0 Å². The molecular weight excluding hydrogens is 352 g/mol. The number of rotatable bonds is 4. The highest BCUT2D eigenvalue weighted by Gasteiger charge is 2.15. The van der Waals surface area contributed by atoms with Crippen LogP contribution in [-0.4, -0.2) is 15.5 Å². The van der Waals surface area contributed by atoms with Crippen molar-refractivity contribution >= 4 is 28.3 Å². The highest BCUT2D eigenvalue weighted by Crippen LogP contribution is 2.22. The van der Waals surface area contributed by atoms with Crippen molar-refractivity contribution in [3.05, 3.63) is 94.4 Å². The van der Waals surface area contributed by atoms with Crippen LogP contribution in [0.4, 0.5) is 11.4 Å². The quantitative estimate of drug-likeness (QED) is 0.476. The maximum Gasteiger partial charge on any atom is 0.327 e. The van der Waals surface area contributed by atoms with Crippen LogP contribution in [0.2, 0.25) is 0 Å². The predicted octanol–water partition coefficient (Wildman–Crippen LogP) is 3.77. The molecule has 0 bridgehead atoms. The molecule has 1 aromatic heterocycles. The van der Waals surface area contributed by atoms with E-state index in [1.165, 1.54) is 0 Å². The molecule has 1 unspecified atom stereocenters. The monoisotopic (exact) mass is 372 g/mol. The van der Waals surface area contributed by atoms with Crippen molar-refractivity contribution in [1.82, 2.24) is 9.55 Å². The van der Waals surface area contributed by atoms with E-state index in [4.69, 9.17) is 5.73 Å². The Morgan fingerprint density at radius 2 is 1.68 bits per heavy atom. The first-order valence-electron chi connectivity index (χ1n) is 8.99. The number of para-hydroxylation sites is 4. The number of anilines is 2. The Labute approximate surface area is 161 Å². The lowest BCUT2D eigenvalue weighted by Gasteiger charge is -2.15. The van der Waals surface area contributed by atoms with Gasteiger partial charge in [0, 0.05) is 5.56 Å². The lowest BCUT2D eigenvalue weighted by molar-refractivity contribution is 0.102. The average Bonchev–Trinajstić information content (AvgIpc) is 3.05. The number of nitrogens with two attached hydrogens (primary N) is 1. The summed E-state index contributed by atoms with van der Waals surface area (Å²) in [5.74, 6) is -0.235. The van der Waals surface area contributed by atoms with E-state index in [1.807, 2.05) is 55.5 Å². The Morgan fingerprint density at radius 3 is 2.43 bits per heavy atom. The molecule has 140 valence electrons. The van der Waals surface area contributed by atoms with Crippen LogP contribution < -0.4 is 16.7 Å². The van der Waals surface area contributed by atoms with Crippen molar-refractivity contribution in [3.63, 3.8) is 0 Å². The van der Waals surface area contributed by atoms with Crippen LogP contribution in [0.1, 0.15) is 28.9 Å². The normalized spacial score (nSPS) is 12.0. The first-order chi connectivity index (χ1) is 13.5. The molecule has 0 fully saturated rings. The third kappa shape index (κ3) is 3.16. The van der Waals surface area contributed by atoms with Crippen molar-refractivity contribution in [3.8, 4) is 0 Å². The summed E-state index contributed by atoms with van der Waals surface area (Å²) in [5, 5.41) is 2.81. The molecule has 4 aromatic rings. The minimum atomic E-state index is -0.235. The fourth-order valence-corrected chi connectivity index (χ4v) is 3.33. The van der Waals surface area contributed by atoms with Gasteiger partial charge in [-0.3, -0.25) is 9.36 Å². The van der Waals surface area contributed by atoms with E-state index in [2.05, 4.69) is 10.3 Å². The van der Waals surface area contributed by atoms with Gasteiger partial charge in [-0.2, -0.15) is 0 Å². The molecule has 0 aliphatic carbocycles. The Kier molecular flexibility index (Phi) is 4.45. The third-order valence-corrected chi connectivity index (χ3v) is 4.88. The SMILES string of the molecule is CC(c1ccc(C(=O)Nc2ccccc2N)cc1)n1c(=O)[nH]c2ccccc21. The standard InChI is InChI=1S/C22H20N4O2/c1-14(26-20-9-5-4-8-19(20)25-22(26)28)15-10-12-16(13-11-15)21(27)24-18-7-3-2-6-17(18)23/h2-14H,23H2,1H3,(H,24,27)(H,25,28). The molecular formula is C22H20N4O2. The number of nitrogens with one attached hydrogen (secondary N) is 2. The highest BCUT2D eigenvalue weighted by atomic mass is 16.2. The van der Waals surface area contributed by atoms with E-state index in [0.29, 0.717) is 16.9 Å². The number of H-pyrrole nitrogens is 1. The van der Waals surface area contributed by atoms with Crippen LogP contribution in [-0.2, 0) is 0 Å². The first-order valence-corrected chi connectivity index (χ1v) is 8.99. The third-order valence-electron chi connectivity index (χ3n) is 4.88. The number of nitrogens with zero attached hydrogens (tertiary/aromatic N) is 1. The maximum absolute atomic E-state index is 12.5. The number of hydrogen-bond acceptors (Lipinski definition) is 3. The number of fused-ring (bicyclic) bond motifs is 1. The summed E-state index contributed by atoms with van der Waals surface area (Å²) in [6.07, 6.45) is 0. The minimum absolute atomic E-state index is 0.157. The molecule has 0 aliphatic rings. The number of carbonyl (C=O) groups excluding carboxylic acids is 1. The number of amides is 1. The van der Waals surface area contributed by atoms with Crippen molar-refractivity contribution in [2.45, 2.75) is 13.0 Å². The Hall–Kier alpha value is -3.80. The van der Waals surface area contributed by atoms with Gasteiger partial charge in [0.25, 0.3) is 5.91 Å². The predicted molar refractivity (Wildman–Crippen MR) is 112 cm³/mol. The van der Waals surface area contributed by atoms with E-state index in [9.17, 15) is 9.59 Å². The van der Waals surface area contributed by atoms with Gasteiger partial charge in [-0.25, -0.2) is 4.79 Å². The summed E-state index contributed by atoms with van der Waals surface area (Å²) < 4.78 is 1.72. The second-order valence-electron chi connectivity index (χ2n) is 6.66. The number of aromatic amines is 1. The smallest absolute Gasteiger partial charge is 0.327 e. The molecule has 1 amide bonds. The van der Waals surface area contributed by atoms with Crippen LogP contribution in [0.5, 0.6) is 0 Å². The molecule has 1 heterocycles. The Morgan fingerprint density at radius 1 is 1.00 bits per heavy atom. The summed E-state index contributed by atoms with van der Waals surface area (Å²) in [6.45, 7) is 1.96. The van der Waals surface area contributed by atoms with Gasteiger partial charge in [-0.1, -0.05) is 36.4 Å². The van der Waals surface area contributed by atoms with Gasteiger partial charge >= 0.3 is 5.69 Å². The van der Waals surface area contributed by atoms with E-state index in [1.54, 1.807) is 28.8 Å². The second-order valence-corrected chi connectivity index (χ2v) is 6.66. The summed E-state index contributed by atoms with van der Waals surface area (Å²) in [7, 11) is 0. The maximum atomic E-state index is 12.5. The number of imidazole rings is 1. The van der Waals surface area contributed by atoms with Gasteiger partial charge in [0.2, 0.25) is 0 Å². The molecule has 0 saturated heterocycles. The lowest BCUT2D eigenvalue weighted by atomic mass is 10.1. The van der Waals surface area contributed by atoms with Gasteiger partial charge in [-0.05, 0) is 48.9 Å². The summed E-state index contributed by atoms with van der Waals surface area (Å²) >= 11 is 0. The molecule has 3 aromatic carbocycles. The molecule has 4 N–H and O–H groups in total. The molecule has 1 atom stereocenters. The van der Waals surface area contributed by atoms with Crippen molar-refractivity contribution in [2.75, 3.05) is 11.1 Å². The van der Waals surface area contributed by atoms with Crippen molar-refractivity contribution in [2.24, 2.45) is 0 Å². The number of benzene rings is 3. The van der Waals surface area contributed by atoms with Crippen LogP contribution in [0.25, 0.3) is 11.0 Å². The van der Waals surface area contributed by atoms with E-state index in [0.717, 1.165) is 16.6 Å². The fraction of sp³-hybridized carbons (Fsp3) is 0.0909. The molecule has 6 heteroatoms. The van der Waals surface area contributed by atoms with Crippen LogP contribution in [0, 0.1) is 0 Å². The van der Waals surface area contributed by atoms with E-state index >= 15 is 0 Å². The van der Waals surface area contributed by atoms with Gasteiger partial charge in [0.1, 0.15) is 0 Å². The zero-order chi connectivity index (χ0) is 19.7. The number of carbonyl (C=O) groups is 1. The zero-order valence-corrected chi connectivity index (χ0v) is 15.3. The van der Waals surface area contributed by atoms with Gasteiger partial charge in [0.05, 0.1) is 28.5 Å². The van der Waals surface area contributed by atoms with Crippen LogP contribution in [0.15, 0.2) is 77.6 Å². The first kappa shape index (κ1) is 17.6. The van der Waals surface area contributed by atoms with Crippen molar-refractivity contribution in [1.29, 1.82) is 0 Å².